The minimum atomic E-state index is -2.08. The predicted molar refractivity (Wildman–Crippen MR) is 42.1 cm³/mol. The van der Waals surface area contributed by atoms with Crippen molar-refractivity contribution in [3.63, 3.8) is 0 Å². The van der Waals surface area contributed by atoms with Crippen LogP contribution in [0.5, 0.6) is 0 Å². The van der Waals surface area contributed by atoms with Crippen molar-refractivity contribution >= 4 is 7.14 Å². The van der Waals surface area contributed by atoms with Gasteiger partial charge in [-0.25, -0.2) is 0 Å². The first-order chi connectivity index (χ1) is 3.92. The predicted octanol–water partition coefficient (Wildman–Crippen LogP) is 2.23. The van der Waals surface area contributed by atoms with Crippen molar-refractivity contribution < 1.29 is 4.57 Å². The lowest BCUT2D eigenvalue weighted by atomic mass is 10.2. The van der Waals surface area contributed by atoms with Gasteiger partial charge in [0, 0.05) is 5.92 Å². The van der Waals surface area contributed by atoms with Crippen molar-refractivity contribution in [3.8, 4) is 11.6 Å². The maximum absolute atomic E-state index is 10.9. The monoisotopic (exact) mass is 144 g/mol. The first kappa shape index (κ1) is 8.79. The molecule has 0 rings (SSSR count). The molecule has 0 aliphatic heterocycles. The van der Waals surface area contributed by atoms with Crippen molar-refractivity contribution in [1.29, 1.82) is 0 Å². The molecule has 0 atom stereocenters. The van der Waals surface area contributed by atoms with Gasteiger partial charge in [0.25, 0.3) is 0 Å². The van der Waals surface area contributed by atoms with Gasteiger partial charge in [0.2, 0.25) is 0 Å². The van der Waals surface area contributed by atoms with E-state index in [4.69, 9.17) is 0 Å². The second-order valence-corrected chi connectivity index (χ2v) is 5.69. The molecule has 0 N–H and O–H groups in total. The molecular weight excluding hydrogens is 131 g/mol. The molecule has 0 aromatic heterocycles. The Morgan fingerprint density at radius 1 is 1.33 bits per heavy atom. The van der Waals surface area contributed by atoms with Crippen LogP contribution in [0.3, 0.4) is 0 Å². The first-order valence-electron chi connectivity index (χ1n) is 2.99. The molecule has 0 saturated heterocycles. The van der Waals surface area contributed by atoms with Gasteiger partial charge >= 0.3 is 0 Å². The molecule has 0 spiro atoms. The number of rotatable bonds is 0. The molecular formula is C7H13OP. The van der Waals surface area contributed by atoms with Crippen LogP contribution in [0.15, 0.2) is 0 Å². The first-order valence-corrected chi connectivity index (χ1v) is 5.60. The van der Waals surface area contributed by atoms with Crippen LogP contribution >= 0.6 is 7.14 Å². The lowest BCUT2D eigenvalue weighted by Gasteiger charge is -1.92. The maximum atomic E-state index is 10.9. The Kier molecular flexibility index (Phi) is 3.01. The summed E-state index contributed by atoms with van der Waals surface area (Å²) in [7, 11) is -2.08. The average Bonchev–Trinajstić information content (AvgIpc) is 1.59. The van der Waals surface area contributed by atoms with Crippen molar-refractivity contribution in [2.45, 2.75) is 13.8 Å². The van der Waals surface area contributed by atoms with E-state index in [-0.39, 0.29) is 0 Å². The number of hydrogen-bond acceptors (Lipinski definition) is 1. The summed E-state index contributed by atoms with van der Waals surface area (Å²) in [5.74, 6) is 3.20. The van der Waals surface area contributed by atoms with E-state index in [1.165, 1.54) is 0 Å². The Morgan fingerprint density at radius 3 is 1.89 bits per heavy atom. The van der Waals surface area contributed by atoms with Crippen molar-refractivity contribution in [2.24, 2.45) is 5.92 Å². The fourth-order valence-electron chi connectivity index (χ4n) is 0.285. The summed E-state index contributed by atoms with van der Waals surface area (Å²) in [6.07, 6.45) is 0. The van der Waals surface area contributed by atoms with Gasteiger partial charge in [0.1, 0.15) is 7.14 Å². The summed E-state index contributed by atoms with van der Waals surface area (Å²) in [4.78, 5) is 0. The molecule has 1 nitrogen and oxygen atoms in total. The van der Waals surface area contributed by atoms with Gasteiger partial charge in [0.05, 0.1) is 0 Å². The van der Waals surface area contributed by atoms with Crippen LogP contribution in [0, 0.1) is 17.5 Å². The van der Waals surface area contributed by atoms with Crippen molar-refractivity contribution in [3.05, 3.63) is 0 Å². The van der Waals surface area contributed by atoms with E-state index in [9.17, 15) is 4.57 Å². The van der Waals surface area contributed by atoms with Crippen LogP contribution in [0.25, 0.3) is 0 Å². The molecule has 0 aromatic rings. The third-order valence-electron chi connectivity index (χ3n) is 0.622. The normalized spacial score (nSPS) is 10.8. The molecule has 0 aliphatic rings. The molecule has 0 radical (unpaired) electrons. The Hall–Kier alpha value is -0.210. The van der Waals surface area contributed by atoms with E-state index in [0.717, 1.165) is 0 Å². The van der Waals surface area contributed by atoms with Gasteiger partial charge in [-0.05, 0) is 19.0 Å². The van der Waals surface area contributed by atoms with Crippen LogP contribution in [0.2, 0.25) is 0 Å². The highest BCUT2D eigenvalue weighted by Gasteiger charge is 1.98. The highest BCUT2D eigenvalue weighted by Crippen LogP contribution is 2.33. The molecule has 0 aromatic carbocycles. The standard InChI is InChI=1S/C7H13OP/c1-7(2)5-6-9(3,4)8/h7H,1-4H3. The molecule has 52 valence electrons. The van der Waals surface area contributed by atoms with Crippen LogP contribution < -0.4 is 0 Å². The Morgan fingerprint density at radius 2 is 1.78 bits per heavy atom. The summed E-state index contributed by atoms with van der Waals surface area (Å²) in [5, 5.41) is 0. The van der Waals surface area contributed by atoms with Gasteiger partial charge in [-0.2, -0.15) is 0 Å². The Balaban J connectivity index is 4.05. The van der Waals surface area contributed by atoms with Crippen molar-refractivity contribution in [1.82, 2.24) is 0 Å². The Bertz CT molecular complexity index is 177. The van der Waals surface area contributed by atoms with Crippen molar-refractivity contribution in [2.75, 3.05) is 13.3 Å². The molecule has 2 heteroatoms. The van der Waals surface area contributed by atoms with E-state index in [0.29, 0.717) is 5.92 Å². The maximum Gasteiger partial charge on any atom is 0.149 e. The average molecular weight is 144 g/mol. The molecule has 0 bridgehead atoms. The van der Waals surface area contributed by atoms with Gasteiger partial charge in [-0.15, -0.1) is 0 Å². The molecule has 0 amide bonds. The van der Waals surface area contributed by atoms with E-state index in [2.05, 4.69) is 11.6 Å². The summed E-state index contributed by atoms with van der Waals surface area (Å²) in [6, 6.07) is 0. The van der Waals surface area contributed by atoms with Gasteiger partial charge in [-0.1, -0.05) is 19.8 Å². The van der Waals surface area contributed by atoms with Crippen LogP contribution in [-0.2, 0) is 4.57 Å². The fraction of sp³-hybridized carbons (Fsp3) is 0.714. The minimum absolute atomic E-state index is 0.332. The second kappa shape index (κ2) is 3.08. The number of hydrogen-bond donors (Lipinski definition) is 0. The highest BCUT2D eigenvalue weighted by atomic mass is 31.2. The van der Waals surface area contributed by atoms with Crippen LogP contribution in [-0.4, -0.2) is 13.3 Å². The molecule has 0 fully saturated rings. The summed E-state index contributed by atoms with van der Waals surface area (Å²) < 4.78 is 10.9. The molecule has 9 heavy (non-hydrogen) atoms. The summed E-state index contributed by atoms with van der Waals surface area (Å²) >= 11 is 0. The lowest BCUT2D eigenvalue weighted by Crippen LogP contribution is -1.77. The van der Waals surface area contributed by atoms with E-state index < -0.39 is 7.14 Å². The lowest BCUT2D eigenvalue weighted by molar-refractivity contribution is 0.589. The zero-order valence-electron chi connectivity index (χ0n) is 6.43. The van der Waals surface area contributed by atoms with Gasteiger partial charge < -0.3 is 4.57 Å². The summed E-state index contributed by atoms with van der Waals surface area (Å²) in [6.45, 7) is 7.34. The van der Waals surface area contributed by atoms with Gasteiger partial charge in [-0.3, -0.25) is 0 Å². The second-order valence-electron chi connectivity index (χ2n) is 2.76. The minimum Gasteiger partial charge on any atom is -0.311 e. The zero-order chi connectivity index (χ0) is 7.49. The summed E-state index contributed by atoms with van der Waals surface area (Å²) in [5.41, 5.74) is 2.73. The fourth-order valence-corrected chi connectivity index (χ4v) is 0.854. The van der Waals surface area contributed by atoms with E-state index in [1.54, 1.807) is 13.3 Å². The topological polar surface area (TPSA) is 17.1 Å². The quantitative estimate of drug-likeness (QED) is 0.376. The molecule has 0 unspecified atom stereocenters. The Labute approximate surface area is 57.2 Å². The highest BCUT2D eigenvalue weighted by molar-refractivity contribution is 7.67. The largest absolute Gasteiger partial charge is 0.311 e. The molecule has 0 heterocycles. The zero-order valence-corrected chi connectivity index (χ0v) is 7.33. The van der Waals surface area contributed by atoms with E-state index in [1.807, 2.05) is 13.8 Å². The third kappa shape index (κ3) is 7.79. The third-order valence-corrected chi connectivity index (χ3v) is 1.29. The van der Waals surface area contributed by atoms with Crippen LogP contribution in [0.1, 0.15) is 13.8 Å². The smallest absolute Gasteiger partial charge is 0.149 e. The molecule has 0 saturated carbocycles. The SMILES string of the molecule is CC(C)C#CP(C)(C)=O. The molecule has 0 aliphatic carbocycles. The van der Waals surface area contributed by atoms with Gasteiger partial charge in [0.15, 0.2) is 0 Å². The van der Waals surface area contributed by atoms with Crippen LogP contribution in [0.4, 0.5) is 0 Å². The van der Waals surface area contributed by atoms with E-state index >= 15 is 0 Å².